The van der Waals surface area contributed by atoms with Gasteiger partial charge in [-0.25, -0.2) is 0 Å². The standard InChI is InChI=1S/C16H20N4O.ClH/c1-11(2)20-10-8-14(18-20)16(21)19-9-4-5-12-13(17)6-3-7-15(12)19;/h3,6-8,10-11H,4-5,9,17H2,1-2H3;1H. The average Bonchev–Trinajstić information content (AvgIpc) is 2.96. The lowest BCUT2D eigenvalue weighted by Crippen LogP contribution is -2.36. The van der Waals surface area contributed by atoms with Gasteiger partial charge in [0.05, 0.1) is 0 Å². The number of nitrogens with two attached hydrogens (primary N) is 1. The molecule has 6 heteroatoms. The number of hydrogen-bond donors (Lipinski definition) is 1. The summed E-state index contributed by atoms with van der Waals surface area (Å²) in [4.78, 5) is 14.5. The Labute approximate surface area is 136 Å². The summed E-state index contributed by atoms with van der Waals surface area (Å²) in [6.07, 6.45) is 3.70. The third kappa shape index (κ3) is 2.81. The van der Waals surface area contributed by atoms with Crippen LogP contribution in [0.3, 0.4) is 0 Å². The molecule has 3 rings (SSSR count). The molecule has 1 aliphatic heterocycles. The molecule has 2 heterocycles. The number of anilines is 2. The third-order valence-electron chi connectivity index (χ3n) is 3.89. The minimum Gasteiger partial charge on any atom is -0.398 e. The van der Waals surface area contributed by atoms with Crippen molar-refractivity contribution in [3.63, 3.8) is 0 Å². The fourth-order valence-corrected chi connectivity index (χ4v) is 2.74. The van der Waals surface area contributed by atoms with E-state index >= 15 is 0 Å². The highest BCUT2D eigenvalue weighted by Gasteiger charge is 2.26. The highest BCUT2D eigenvalue weighted by molar-refractivity contribution is 6.05. The Bertz CT molecular complexity index is 681. The number of carbonyl (C=O) groups is 1. The van der Waals surface area contributed by atoms with Crippen LogP contribution in [0, 0.1) is 0 Å². The van der Waals surface area contributed by atoms with Crippen LogP contribution in [0.15, 0.2) is 30.5 Å². The average molecular weight is 321 g/mol. The van der Waals surface area contributed by atoms with Gasteiger partial charge in [0.15, 0.2) is 5.69 Å². The minimum absolute atomic E-state index is 0. The Morgan fingerprint density at radius 3 is 2.77 bits per heavy atom. The van der Waals surface area contributed by atoms with Crippen LogP contribution in [-0.2, 0) is 6.42 Å². The van der Waals surface area contributed by atoms with Gasteiger partial charge in [-0.15, -0.1) is 12.4 Å². The van der Waals surface area contributed by atoms with Crippen molar-refractivity contribution in [2.45, 2.75) is 32.7 Å². The van der Waals surface area contributed by atoms with Crippen molar-refractivity contribution in [3.8, 4) is 0 Å². The Morgan fingerprint density at radius 1 is 1.32 bits per heavy atom. The number of hydrogen-bond acceptors (Lipinski definition) is 3. The quantitative estimate of drug-likeness (QED) is 0.865. The molecular formula is C16H21ClN4O. The van der Waals surface area contributed by atoms with E-state index in [1.807, 2.05) is 38.2 Å². The smallest absolute Gasteiger partial charge is 0.278 e. The summed E-state index contributed by atoms with van der Waals surface area (Å²) in [6.45, 7) is 4.79. The van der Waals surface area contributed by atoms with Crippen LogP contribution in [0.2, 0.25) is 0 Å². The van der Waals surface area contributed by atoms with Gasteiger partial charge in [0.2, 0.25) is 0 Å². The second-order valence-electron chi connectivity index (χ2n) is 5.68. The first kappa shape index (κ1) is 16.4. The van der Waals surface area contributed by atoms with Crippen LogP contribution < -0.4 is 10.6 Å². The molecule has 1 aromatic heterocycles. The monoisotopic (exact) mass is 320 g/mol. The highest BCUT2D eigenvalue weighted by Crippen LogP contribution is 2.32. The Balaban J connectivity index is 0.00000176. The molecule has 0 radical (unpaired) electrons. The van der Waals surface area contributed by atoms with E-state index in [1.165, 1.54) is 0 Å². The molecule has 0 saturated carbocycles. The molecule has 1 aliphatic rings. The third-order valence-corrected chi connectivity index (χ3v) is 3.89. The number of fused-ring (bicyclic) bond motifs is 1. The minimum atomic E-state index is -0.0547. The molecular weight excluding hydrogens is 300 g/mol. The van der Waals surface area contributed by atoms with Gasteiger partial charge in [0, 0.05) is 30.2 Å². The molecule has 1 amide bonds. The van der Waals surface area contributed by atoms with Crippen molar-refractivity contribution >= 4 is 29.7 Å². The van der Waals surface area contributed by atoms with Gasteiger partial charge in [-0.3, -0.25) is 9.48 Å². The Kier molecular flexibility index (Phi) is 4.76. The number of nitrogens with zero attached hydrogens (tertiary/aromatic N) is 3. The van der Waals surface area contributed by atoms with Crippen molar-refractivity contribution in [2.24, 2.45) is 0 Å². The summed E-state index contributed by atoms with van der Waals surface area (Å²) in [5.41, 5.74) is 9.27. The van der Waals surface area contributed by atoms with E-state index in [-0.39, 0.29) is 24.4 Å². The lowest BCUT2D eigenvalue weighted by atomic mass is 9.99. The van der Waals surface area contributed by atoms with Crippen LogP contribution in [-0.4, -0.2) is 22.2 Å². The summed E-state index contributed by atoms with van der Waals surface area (Å²) in [5, 5.41) is 4.37. The summed E-state index contributed by atoms with van der Waals surface area (Å²) in [7, 11) is 0. The summed E-state index contributed by atoms with van der Waals surface area (Å²) >= 11 is 0. The van der Waals surface area contributed by atoms with Crippen LogP contribution >= 0.6 is 12.4 Å². The molecule has 0 spiro atoms. The molecule has 0 bridgehead atoms. The van der Waals surface area contributed by atoms with Gasteiger partial charge < -0.3 is 10.6 Å². The maximum atomic E-state index is 12.7. The van der Waals surface area contributed by atoms with Crippen molar-refractivity contribution in [1.82, 2.24) is 9.78 Å². The maximum Gasteiger partial charge on any atom is 0.278 e. The summed E-state index contributed by atoms with van der Waals surface area (Å²) in [5.74, 6) is -0.0547. The molecule has 22 heavy (non-hydrogen) atoms. The first-order chi connectivity index (χ1) is 10.1. The molecule has 0 atom stereocenters. The van der Waals surface area contributed by atoms with E-state index in [1.54, 1.807) is 15.6 Å². The fraction of sp³-hybridized carbons (Fsp3) is 0.375. The number of nitrogen functional groups attached to an aromatic ring is 1. The lowest BCUT2D eigenvalue weighted by molar-refractivity contribution is 0.0979. The van der Waals surface area contributed by atoms with E-state index in [9.17, 15) is 4.79 Å². The van der Waals surface area contributed by atoms with Gasteiger partial charge in [-0.05, 0) is 50.5 Å². The summed E-state index contributed by atoms with van der Waals surface area (Å²) < 4.78 is 1.80. The molecule has 1 aromatic carbocycles. The lowest BCUT2D eigenvalue weighted by Gasteiger charge is -2.29. The normalized spacial score (nSPS) is 13.7. The van der Waals surface area contributed by atoms with Crippen LogP contribution in [0.1, 0.15) is 42.4 Å². The van der Waals surface area contributed by atoms with Gasteiger partial charge >= 0.3 is 0 Å². The zero-order valence-electron chi connectivity index (χ0n) is 12.8. The predicted octanol–water partition coefficient (Wildman–Crippen LogP) is 3.06. The Hall–Kier alpha value is -2.01. The molecule has 0 aliphatic carbocycles. The number of amides is 1. The zero-order chi connectivity index (χ0) is 15.0. The number of halogens is 1. The molecule has 2 aromatic rings. The van der Waals surface area contributed by atoms with Gasteiger partial charge in [0.25, 0.3) is 5.91 Å². The second kappa shape index (κ2) is 6.40. The van der Waals surface area contributed by atoms with Gasteiger partial charge in [-0.1, -0.05) is 6.07 Å². The van der Waals surface area contributed by atoms with Crippen LogP contribution in [0.4, 0.5) is 11.4 Å². The molecule has 0 saturated heterocycles. The number of rotatable bonds is 2. The number of carbonyl (C=O) groups excluding carboxylic acids is 1. The first-order valence-electron chi connectivity index (χ1n) is 7.32. The summed E-state index contributed by atoms with van der Waals surface area (Å²) in [6, 6.07) is 7.77. The number of benzene rings is 1. The SMILES string of the molecule is CC(C)n1ccc(C(=O)N2CCCc3c(N)cccc32)n1.Cl. The maximum absolute atomic E-state index is 12.7. The molecule has 2 N–H and O–H groups in total. The molecule has 0 fully saturated rings. The first-order valence-corrected chi connectivity index (χ1v) is 7.32. The van der Waals surface area contributed by atoms with Gasteiger partial charge in [-0.2, -0.15) is 5.10 Å². The van der Waals surface area contributed by atoms with E-state index in [4.69, 9.17) is 5.73 Å². The van der Waals surface area contributed by atoms with E-state index in [0.29, 0.717) is 12.2 Å². The van der Waals surface area contributed by atoms with E-state index in [2.05, 4.69) is 5.10 Å². The van der Waals surface area contributed by atoms with Crippen molar-refractivity contribution in [3.05, 3.63) is 41.7 Å². The van der Waals surface area contributed by atoms with Crippen molar-refractivity contribution in [2.75, 3.05) is 17.2 Å². The Morgan fingerprint density at radius 2 is 2.09 bits per heavy atom. The topological polar surface area (TPSA) is 64.2 Å². The molecule has 0 unspecified atom stereocenters. The van der Waals surface area contributed by atoms with Crippen molar-refractivity contribution in [1.29, 1.82) is 0 Å². The molecule has 5 nitrogen and oxygen atoms in total. The van der Waals surface area contributed by atoms with Crippen LogP contribution in [0.5, 0.6) is 0 Å². The van der Waals surface area contributed by atoms with Crippen molar-refractivity contribution < 1.29 is 4.79 Å². The van der Waals surface area contributed by atoms with Crippen LogP contribution in [0.25, 0.3) is 0 Å². The zero-order valence-corrected chi connectivity index (χ0v) is 13.6. The largest absolute Gasteiger partial charge is 0.398 e. The molecule has 118 valence electrons. The van der Waals surface area contributed by atoms with Gasteiger partial charge in [0.1, 0.15) is 0 Å². The predicted molar refractivity (Wildman–Crippen MR) is 90.7 cm³/mol. The fourth-order valence-electron chi connectivity index (χ4n) is 2.74. The highest BCUT2D eigenvalue weighted by atomic mass is 35.5. The number of aromatic nitrogens is 2. The van der Waals surface area contributed by atoms with E-state index in [0.717, 1.165) is 29.8 Å². The second-order valence-corrected chi connectivity index (χ2v) is 5.68. The van der Waals surface area contributed by atoms with E-state index < -0.39 is 0 Å².